The minimum atomic E-state index is -3.26. The molecule has 0 aromatic rings. The average molecular weight is 234 g/mol. The van der Waals surface area contributed by atoms with E-state index in [0.717, 1.165) is 6.26 Å². The molecule has 0 atom stereocenters. The van der Waals surface area contributed by atoms with Crippen molar-refractivity contribution in [2.75, 3.05) is 19.3 Å². The summed E-state index contributed by atoms with van der Waals surface area (Å²) in [6, 6.07) is -0.531. The molecule has 0 unspecified atom stereocenters. The third-order valence-electron chi connectivity index (χ3n) is 2.44. The number of nitrogens with one attached hydrogen (secondary N) is 1. The van der Waals surface area contributed by atoms with Crippen LogP contribution >= 0.6 is 0 Å². The molecule has 0 bridgehead atoms. The Morgan fingerprint density at radius 1 is 1.40 bits per heavy atom. The molecule has 1 fully saturated rings. The summed E-state index contributed by atoms with van der Waals surface area (Å²) in [6.45, 7) is 3.00. The molecule has 7 heteroatoms. The number of imide groups is 1. The Hall–Kier alpha value is -1.11. The number of sulfone groups is 1. The van der Waals surface area contributed by atoms with Crippen molar-refractivity contribution in [3.05, 3.63) is 0 Å². The molecule has 3 amide bonds. The molecule has 0 radical (unpaired) electrons. The number of amides is 3. The standard InChI is InChI=1S/C8H14N2O4S/c1-8(2,15(3,13)14)5-10-4-6(11)9-7(10)12/h4-5H2,1-3H3,(H,9,11,12). The first kappa shape index (κ1) is 12.0. The van der Waals surface area contributed by atoms with Gasteiger partial charge in [-0.3, -0.25) is 10.1 Å². The largest absolute Gasteiger partial charge is 0.324 e. The maximum absolute atomic E-state index is 11.4. The summed E-state index contributed by atoms with van der Waals surface area (Å²) in [6.07, 6.45) is 1.11. The van der Waals surface area contributed by atoms with Crippen molar-refractivity contribution in [2.24, 2.45) is 0 Å². The molecule has 1 aliphatic heterocycles. The lowest BCUT2D eigenvalue weighted by molar-refractivity contribution is -0.118. The highest BCUT2D eigenvalue weighted by atomic mass is 32.2. The van der Waals surface area contributed by atoms with Crippen LogP contribution in [0.25, 0.3) is 0 Å². The molecule has 0 aromatic heterocycles. The summed E-state index contributed by atoms with van der Waals surface area (Å²) in [4.78, 5) is 23.3. The van der Waals surface area contributed by atoms with E-state index < -0.39 is 26.5 Å². The summed E-state index contributed by atoms with van der Waals surface area (Å²) in [5.41, 5.74) is 0. The van der Waals surface area contributed by atoms with Gasteiger partial charge in [0.1, 0.15) is 6.54 Å². The smallest absolute Gasteiger partial charge is 0.314 e. The topological polar surface area (TPSA) is 83.6 Å². The van der Waals surface area contributed by atoms with Crippen molar-refractivity contribution in [3.63, 3.8) is 0 Å². The van der Waals surface area contributed by atoms with Crippen LogP contribution in [0.1, 0.15) is 13.8 Å². The highest BCUT2D eigenvalue weighted by Gasteiger charge is 2.37. The second-order valence-electron chi connectivity index (χ2n) is 4.24. The SMILES string of the molecule is CC(C)(CN1CC(=O)NC1=O)S(C)(=O)=O. The molecule has 1 N–H and O–H groups in total. The Morgan fingerprint density at radius 3 is 2.27 bits per heavy atom. The van der Waals surface area contributed by atoms with E-state index in [1.807, 2.05) is 0 Å². The molecule has 0 spiro atoms. The number of hydrogen-bond acceptors (Lipinski definition) is 4. The van der Waals surface area contributed by atoms with Gasteiger partial charge in [-0.2, -0.15) is 0 Å². The number of hydrogen-bond donors (Lipinski definition) is 1. The van der Waals surface area contributed by atoms with Gasteiger partial charge in [0.05, 0.1) is 4.75 Å². The average Bonchev–Trinajstić information content (AvgIpc) is 2.26. The Morgan fingerprint density at radius 2 is 1.93 bits per heavy atom. The van der Waals surface area contributed by atoms with Gasteiger partial charge in [-0.15, -0.1) is 0 Å². The van der Waals surface area contributed by atoms with Gasteiger partial charge in [-0.1, -0.05) is 0 Å². The van der Waals surface area contributed by atoms with E-state index in [1.54, 1.807) is 0 Å². The van der Waals surface area contributed by atoms with Gasteiger partial charge in [-0.05, 0) is 13.8 Å². The fourth-order valence-electron chi connectivity index (χ4n) is 1.19. The molecule has 0 aliphatic carbocycles. The zero-order valence-corrected chi connectivity index (χ0v) is 9.72. The number of urea groups is 1. The third-order valence-corrected chi connectivity index (χ3v) is 4.58. The van der Waals surface area contributed by atoms with Crippen LogP contribution in [0.2, 0.25) is 0 Å². The van der Waals surface area contributed by atoms with Crippen LogP contribution in [0.15, 0.2) is 0 Å². The predicted octanol–water partition coefficient (Wildman–Crippen LogP) is -0.639. The van der Waals surface area contributed by atoms with Crippen molar-refractivity contribution < 1.29 is 18.0 Å². The maximum Gasteiger partial charge on any atom is 0.324 e. The zero-order valence-electron chi connectivity index (χ0n) is 8.90. The van der Waals surface area contributed by atoms with E-state index in [0.29, 0.717) is 0 Å². The van der Waals surface area contributed by atoms with E-state index >= 15 is 0 Å². The second-order valence-corrected chi connectivity index (χ2v) is 6.89. The number of carbonyl (C=O) groups excluding carboxylic acids is 2. The molecule has 1 rings (SSSR count). The Labute approximate surface area is 88.5 Å². The molecular weight excluding hydrogens is 220 g/mol. The molecule has 0 saturated carbocycles. The molecule has 6 nitrogen and oxygen atoms in total. The van der Waals surface area contributed by atoms with Crippen LogP contribution in [0.3, 0.4) is 0 Å². The summed E-state index contributed by atoms with van der Waals surface area (Å²) < 4.78 is 21.7. The van der Waals surface area contributed by atoms with Crippen LogP contribution in [-0.2, 0) is 14.6 Å². The van der Waals surface area contributed by atoms with Crippen molar-refractivity contribution in [3.8, 4) is 0 Å². The Bertz CT molecular complexity index is 399. The summed E-state index contributed by atoms with van der Waals surface area (Å²) in [5, 5.41) is 2.09. The van der Waals surface area contributed by atoms with Gasteiger partial charge in [0.15, 0.2) is 9.84 Å². The highest BCUT2D eigenvalue weighted by molar-refractivity contribution is 7.92. The summed E-state index contributed by atoms with van der Waals surface area (Å²) >= 11 is 0. The predicted molar refractivity (Wildman–Crippen MR) is 54.0 cm³/mol. The van der Waals surface area contributed by atoms with E-state index in [2.05, 4.69) is 5.32 Å². The van der Waals surface area contributed by atoms with Crippen molar-refractivity contribution in [1.82, 2.24) is 10.2 Å². The molecular formula is C8H14N2O4S. The molecule has 15 heavy (non-hydrogen) atoms. The van der Waals surface area contributed by atoms with Crippen LogP contribution in [0.4, 0.5) is 4.79 Å². The number of nitrogens with zero attached hydrogens (tertiary/aromatic N) is 1. The third kappa shape index (κ3) is 2.47. The first-order chi connectivity index (χ1) is 6.63. The molecule has 86 valence electrons. The molecule has 1 aliphatic rings. The quantitative estimate of drug-likeness (QED) is 0.658. The fraction of sp³-hybridized carbons (Fsp3) is 0.750. The normalized spacial score (nSPS) is 18.2. The van der Waals surface area contributed by atoms with E-state index in [-0.39, 0.29) is 13.1 Å². The minimum Gasteiger partial charge on any atom is -0.314 e. The summed E-state index contributed by atoms with van der Waals surface area (Å²) in [7, 11) is -3.26. The van der Waals surface area contributed by atoms with Gasteiger partial charge in [-0.25, -0.2) is 13.2 Å². The summed E-state index contributed by atoms with van der Waals surface area (Å²) in [5.74, 6) is -0.399. The van der Waals surface area contributed by atoms with Gasteiger partial charge >= 0.3 is 6.03 Å². The van der Waals surface area contributed by atoms with Crippen LogP contribution < -0.4 is 5.32 Å². The lowest BCUT2D eigenvalue weighted by Gasteiger charge is -2.27. The lowest BCUT2D eigenvalue weighted by Crippen LogP contribution is -2.45. The van der Waals surface area contributed by atoms with Crippen molar-refractivity contribution in [2.45, 2.75) is 18.6 Å². The number of carbonyl (C=O) groups is 2. The lowest BCUT2D eigenvalue weighted by atomic mass is 10.2. The first-order valence-electron chi connectivity index (χ1n) is 4.42. The number of rotatable bonds is 3. The Balaban J connectivity index is 2.79. The van der Waals surface area contributed by atoms with E-state index in [1.165, 1.54) is 18.7 Å². The van der Waals surface area contributed by atoms with E-state index in [4.69, 9.17) is 0 Å². The van der Waals surface area contributed by atoms with E-state index in [9.17, 15) is 18.0 Å². The van der Waals surface area contributed by atoms with Crippen LogP contribution in [0.5, 0.6) is 0 Å². The Kier molecular flexibility index (Phi) is 2.77. The monoisotopic (exact) mass is 234 g/mol. The van der Waals surface area contributed by atoms with Gasteiger partial charge in [0.25, 0.3) is 0 Å². The first-order valence-corrected chi connectivity index (χ1v) is 6.31. The molecule has 0 aromatic carbocycles. The van der Waals surface area contributed by atoms with Crippen LogP contribution in [0, 0.1) is 0 Å². The second kappa shape index (κ2) is 3.48. The zero-order chi connectivity index (χ0) is 11.9. The van der Waals surface area contributed by atoms with Crippen LogP contribution in [-0.4, -0.2) is 49.3 Å². The highest BCUT2D eigenvalue weighted by Crippen LogP contribution is 2.17. The maximum atomic E-state index is 11.4. The van der Waals surface area contributed by atoms with Crippen molar-refractivity contribution in [1.29, 1.82) is 0 Å². The molecule has 1 saturated heterocycles. The van der Waals surface area contributed by atoms with Gasteiger partial charge < -0.3 is 4.90 Å². The van der Waals surface area contributed by atoms with Gasteiger partial charge in [0, 0.05) is 12.8 Å². The van der Waals surface area contributed by atoms with Crippen molar-refractivity contribution >= 4 is 21.8 Å². The van der Waals surface area contributed by atoms with Gasteiger partial charge in [0.2, 0.25) is 5.91 Å². The fourth-order valence-corrected chi connectivity index (χ4v) is 1.58. The minimum absolute atomic E-state index is 0.0173. The molecule has 1 heterocycles.